The lowest BCUT2D eigenvalue weighted by atomic mass is 9.98. The third kappa shape index (κ3) is 3.27. The van der Waals surface area contributed by atoms with Crippen LogP contribution in [0.3, 0.4) is 0 Å². The first-order valence-electron chi connectivity index (χ1n) is 7.98. The number of aliphatic hydroxyl groups excluding tert-OH is 1. The molecule has 1 atom stereocenters. The van der Waals surface area contributed by atoms with Gasteiger partial charge in [0.15, 0.2) is 5.82 Å². The molecule has 1 N–H and O–H groups in total. The summed E-state index contributed by atoms with van der Waals surface area (Å²) in [6, 6.07) is 5.60. The Morgan fingerprint density at radius 2 is 2.22 bits per heavy atom. The van der Waals surface area contributed by atoms with Gasteiger partial charge in [-0.2, -0.15) is 5.10 Å². The molecule has 1 unspecified atom stereocenters. The number of hydrogen-bond donors (Lipinski definition) is 1. The summed E-state index contributed by atoms with van der Waals surface area (Å²) in [6.45, 7) is 5.42. The van der Waals surface area contributed by atoms with Gasteiger partial charge in [-0.25, -0.2) is 9.67 Å². The molecule has 0 aliphatic carbocycles. The number of nitrogens with zero attached hydrogens (tertiary/aromatic N) is 4. The maximum atomic E-state index is 12.6. The Morgan fingerprint density at radius 3 is 2.83 bits per heavy atom. The van der Waals surface area contributed by atoms with E-state index >= 15 is 0 Å². The van der Waals surface area contributed by atoms with Gasteiger partial charge in [0, 0.05) is 31.6 Å². The minimum absolute atomic E-state index is 0.0180. The number of aromatic nitrogens is 3. The number of aliphatic hydroxyl groups is 1. The molecule has 1 fully saturated rings. The molecular formula is C17H22N4O2. The summed E-state index contributed by atoms with van der Waals surface area (Å²) in [4.78, 5) is 18.8. The summed E-state index contributed by atoms with van der Waals surface area (Å²) in [7, 11) is 0. The number of carbonyl (C=O) groups excluding carboxylic acids is 1. The van der Waals surface area contributed by atoms with Crippen molar-refractivity contribution >= 4 is 5.91 Å². The van der Waals surface area contributed by atoms with Gasteiger partial charge in [-0.15, -0.1) is 0 Å². The van der Waals surface area contributed by atoms with Gasteiger partial charge in [-0.05, 0) is 50.8 Å². The van der Waals surface area contributed by atoms with E-state index in [0.29, 0.717) is 17.9 Å². The van der Waals surface area contributed by atoms with Crippen molar-refractivity contribution in [2.75, 3.05) is 19.7 Å². The number of carbonyl (C=O) groups is 1. The third-order valence-electron chi connectivity index (χ3n) is 4.29. The first-order valence-corrected chi connectivity index (χ1v) is 7.98. The number of pyridine rings is 1. The maximum Gasteiger partial charge on any atom is 0.255 e. The van der Waals surface area contributed by atoms with Crippen LogP contribution >= 0.6 is 0 Å². The SMILES string of the molecule is Cc1cc(C)n(-c2ccc(C(=O)N3CCCC(CO)C3)cn2)n1. The fourth-order valence-electron chi connectivity index (χ4n) is 3.08. The van der Waals surface area contributed by atoms with Crippen molar-refractivity contribution in [2.45, 2.75) is 26.7 Å². The predicted molar refractivity (Wildman–Crippen MR) is 86.5 cm³/mol. The van der Waals surface area contributed by atoms with Crippen LogP contribution in [0, 0.1) is 19.8 Å². The third-order valence-corrected chi connectivity index (χ3v) is 4.29. The average molecular weight is 314 g/mol. The molecule has 2 aromatic rings. The molecule has 0 bridgehead atoms. The highest BCUT2D eigenvalue weighted by Gasteiger charge is 2.24. The molecule has 0 spiro atoms. The molecule has 1 saturated heterocycles. The van der Waals surface area contributed by atoms with Crippen molar-refractivity contribution in [1.82, 2.24) is 19.7 Å². The van der Waals surface area contributed by atoms with E-state index < -0.39 is 0 Å². The number of aryl methyl sites for hydroxylation is 2. The molecule has 0 aromatic carbocycles. The molecule has 1 aliphatic rings. The van der Waals surface area contributed by atoms with Gasteiger partial charge in [-0.3, -0.25) is 4.79 Å². The lowest BCUT2D eigenvalue weighted by molar-refractivity contribution is 0.0620. The molecule has 0 saturated carbocycles. The van der Waals surface area contributed by atoms with Crippen LogP contribution in [0.1, 0.15) is 34.6 Å². The van der Waals surface area contributed by atoms with Gasteiger partial charge in [0.1, 0.15) is 0 Å². The zero-order chi connectivity index (χ0) is 16.4. The highest BCUT2D eigenvalue weighted by Crippen LogP contribution is 2.18. The Kier molecular flexibility index (Phi) is 4.43. The summed E-state index contributed by atoms with van der Waals surface area (Å²) < 4.78 is 1.77. The highest BCUT2D eigenvalue weighted by molar-refractivity contribution is 5.94. The summed E-state index contributed by atoms with van der Waals surface area (Å²) in [5.74, 6) is 0.879. The smallest absolute Gasteiger partial charge is 0.255 e. The number of rotatable bonds is 3. The molecule has 1 aliphatic heterocycles. The Balaban J connectivity index is 1.76. The first kappa shape index (κ1) is 15.7. The van der Waals surface area contributed by atoms with Crippen molar-refractivity contribution < 1.29 is 9.90 Å². The van der Waals surface area contributed by atoms with Crippen molar-refractivity contribution in [3.63, 3.8) is 0 Å². The Hall–Kier alpha value is -2.21. The van der Waals surface area contributed by atoms with Crippen LogP contribution in [0.25, 0.3) is 5.82 Å². The fourth-order valence-corrected chi connectivity index (χ4v) is 3.08. The van der Waals surface area contributed by atoms with E-state index in [2.05, 4.69) is 10.1 Å². The lowest BCUT2D eigenvalue weighted by Crippen LogP contribution is -2.41. The van der Waals surface area contributed by atoms with Gasteiger partial charge >= 0.3 is 0 Å². The van der Waals surface area contributed by atoms with Gasteiger partial charge in [0.2, 0.25) is 0 Å². The molecule has 2 aromatic heterocycles. The largest absolute Gasteiger partial charge is 0.396 e. The molecule has 23 heavy (non-hydrogen) atoms. The highest BCUT2D eigenvalue weighted by atomic mass is 16.3. The van der Waals surface area contributed by atoms with Crippen LogP contribution in [-0.2, 0) is 0 Å². The molecule has 6 nitrogen and oxygen atoms in total. The maximum absolute atomic E-state index is 12.6. The zero-order valence-electron chi connectivity index (χ0n) is 13.6. The minimum atomic E-state index is -0.0180. The second-order valence-electron chi connectivity index (χ2n) is 6.19. The summed E-state index contributed by atoms with van der Waals surface area (Å²) in [6.07, 6.45) is 3.53. The van der Waals surface area contributed by atoms with E-state index in [1.807, 2.05) is 30.9 Å². The van der Waals surface area contributed by atoms with Crippen molar-refractivity contribution in [1.29, 1.82) is 0 Å². The van der Waals surface area contributed by atoms with Crippen molar-refractivity contribution in [2.24, 2.45) is 5.92 Å². The number of amides is 1. The fraction of sp³-hybridized carbons (Fsp3) is 0.471. The first-order chi connectivity index (χ1) is 11.1. The Labute approximate surface area is 135 Å². The monoisotopic (exact) mass is 314 g/mol. The second kappa shape index (κ2) is 6.50. The molecular weight excluding hydrogens is 292 g/mol. The Morgan fingerprint density at radius 1 is 1.39 bits per heavy atom. The van der Waals surface area contributed by atoms with E-state index in [1.54, 1.807) is 16.9 Å². The summed E-state index contributed by atoms with van der Waals surface area (Å²) in [5.41, 5.74) is 2.53. The molecule has 3 heterocycles. The molecule has 1 amide bonds. The minimum Gasteiger partial charge on any atom is -0.396 e. The van der Waals surface area contributed by atoms with E-state index in [4.69, 9.17) is 0 Å². The standard InChI is InChI=1S/C17H22N4O2/c1-12-8-13(2)21(19-12)16-6-5-15(9-18-16)17(23)20-7-3-4-14(10-20)11-22/h5-6,8-9,14,22H,3-4,7,10-11H2,1-2H3. The van der Waals surface area contributed by atoms with Crippen LogP contribution in [-0.4, -0.2) is 50.4 Å². The van der Waals surface area contributed by atoms with Gasteiger partial charge in [-0.1, -0.05) is 0 Å². The van der Waals surface area contributed by atoms with E-state index in [0.717, 1.165) is 30.8 Å². The second-order valence-corrected chi connectivity index (χ2v) is 6.19. The molecule has 0 radical (unpaired) electrons. The van der Waals surface area contributed by atoms with Crippen LogP contribution in [0.4, 0.5) is 0 Å². The number of piperidine rings is 1. The van der Waals surface area contributed by atoms with Crippen LogP contribution in [0.15, 0.2) is 24.4 Å². The van der Waals surface area contributed by atoms with Gasteiger partial charge in [0.25, 0.3) is 5.91 Å². The van der Waals surface area contributed by atoms with Gasteiger partial charge in [0.05, 0.1) is 11.3 Å². The van der Waals surface area contributed by atoms with Gasteiger partial charge < -0.3 is 10.0 Å². The predicted octanol–water partition coefficient (Wildman–Crippen LogP) is 1.73. The van der Waals surface area contributed by atoms with Crippen molar-refractivity contribution in [3.8, 4) is 5.82 Å². The summed E-state index contributed by atoms with van der Waals surface area (Å²) >= 11 is 0. The van der Waals surface area contributed by atoms with Crippen LogP contribution < -0.4 is 0 Å². The lowest BCUT2D eigenvalue weighted by Gasteiger charge is -2.31. The number of likely N-dealkylation sites (tertiary alicyclic amines) is 1. The Bertz CT molecular complexity index is 693. The van der Waals surface area contributed by atoms with Crippen molar-refractivity contribution in [3.05, 3.63) is 41.3 Å². The molecule has 3 rings (SSSR count). The van der Waals surface area contributed by atoms with E-state index in [9.17, 15) is 9.90 Å². The topological polar surface area (TPSA) is 71.2 Å². The zero-order valence-corrected chi connectivity index (χ0v) is 13.6. The van der Waals surface area contributed by atoms with E-state index in [-0.39, 0.29) is 18.4 Å². The average Bonchev–Trinajstić information content (AvgIpc) is 2.93. The summed E-state index contributed by atoms with van der Waals surface area (Å²) in [5, 5.41) is 13.7. The van der Waals surface area contributed by atoms with E-state index in [1.165, 1.54) is 0 Å². The van der Waals surface area contributed by atoms with Crippen LogP contribution in [0.5, 0.6) is 0 Å². The normalized spacial score (nSPS) is 18.2. The molecule has 122 valence electrons. The number of hydrogen-bond acceptors (Lipinski definition) is 4. The van der Waals surface area contributed by atoms with Crippen LogP contribution in [0.2, 0.25) is 0 Å². The quantitative estimate of drug-likeness (QED) is 0.936. The molecule has 6 heteroatoms.